The van der Waals surface area contributed by atoms with Crippen LogP contribution < -0.4 is 4.74 Å². The van der Waals surface area contributed by atoms with Crippen LogP contribution in [0.3, 0.4) is 0 Å². The van der Waals surface area contributed by atoms with E-state index in [1.165, 1.54) is 19.2 Å². The number of hydrogen-bond donors (Lipinski definition) is 1. The molecule has 0 radical (unpaired) electrons. The molecule has 112 valence electrons. The zero-order chi connectivity index (χ0) is 15.2. The molecule has 0 bridgehead atoms. The molecular formula is C13H16N4O4. The number of carbonyl (C=O) groups is 1. The van der Waals surface area contributed by atoms with Gasteiger partial charge < -0.3 is 14.6 Å². The smallest absolute Gasteiger partial charge is 0.342 e. The molecule has 8 heteroatoms. The molecule has 2 aromatic rings. The van der Waals surface area contributed by atoms with Crippen LogP contribution in [-0.4, -0.2) is 38.4 Å². The summed E-state index contributed by atoms with van der Waals surface area (Å²) in [5.74, 6) is 0.0644. The van der Waals surface area contributed by atoms with E-state index in [0.29, 0.717) is 18.1 Å². The number of methoxy groups -OCH3 is 1. The van der Waals surface area contributed by atoms with Crippen LogP contribution in [0.1, 0.15) is 29.5 Å². The second-order valence-corrected chi connectivity index (χ2v) is 4.28. The molecule has 0 aliphatic heterocycles. The molecule has 21 heavy (non-hydrogen) atoms. The van der Waals surface area contributed by atoms with Crippen molar-refractivity contribution < 1.29 is 19.4 Å². The van der Waals surface area contributed by atoms with Crippen molar-refractivity contribution >= 4 is 5.97 Å². The van der Waals surface area contributed by atoms with Crippen molar-refractivity contribution in [3.05, 3.63) is 29.6 Å². The Balaban J connectivity index is 2.06. The highest BCUT2D eigenvalue weighted by Gasteiger charge is 2.16. The molecule has 1 N–H and O–H groups in total. The third-order valence-corrected chi connectivity index (χ3v) is 2.80. The normalized spacial score (nSPS) is 10.4. The summed E-state index contributed by atoms with van der Waals surface area (Å²) in [6.45, 7) is 2.57. The average molecular weight is 292 g/mol. The van der Waals surface area contributed by atoms with Crippen LogP contribution in [-0.2, 0) is 17.9 Å². The standard InChI is InChI=1S/C13H16N4O4/c1-3-6-17-12(14-15-16-17)8-21-13(19)10-7-9(20-2)4-5-11(10)18/h4-5,7,18H,3,6,8H2,1-2H3. The molecule has 1 heterocycles. The molecule has 0 unspecified atom stereocenters. The van der Waals surface area contributed by atoms with Crippen molar-refractivity contribution in [2.75, 3.05) is 7.11 Å². The maximum atomic E-state index is 12.0. The maximum Gasteiger partial charge on any atom is 0.342 e. The van der Waals surface area contributed by atoms with Crippen LogP contribution in [0.2, 0.25) is 0 Å². The SMILES string of the molecule is CCCn1nnnc1COC(=O)c1cc(OC)ccc1O. The van der Waals surface area contributed by atoms with Crippen LogP contribution in [0.5, 0.6) is 11.5 Å². The van der Waals surface area contributed by atoms with E-state index >= 15 is 0 Å². The molecule has 1 aromatic carbocycles. The molecule has 0 spiro atoms. The zero-order valence-corrected chi connectivity index (χ0v) is 11.8. The molecule has 0 aliphatic carbocycles. The maximum absolute atomic E-state index is 12.0. The summed E-state index contributed by atoms with van der Waals surface area (Å²) in [6.07, 6.45) is 0.864. The Morgan fingerprint density at radius 3 is 2.95 bits per heavy atom. The molecule has 8 nitrogen and oxygen atoms in total. The van der Waals surface area contributed by atoms with Crippen LogP contribution in [0.4, 0.5) is 0 Å². The first kappa shape index (κ1) is 14.8. The van der Waals surface area contributed by atoms with Gasteiger partial charge in [0.25, 0.3) is 0 Å². The molecule has 0 saturated heterocycles. The fraction of sp³-hybridized carbons (Fsp3) is 0.385. The summed E-state index contributed by atoms with van der Waals surface area (Å²) >= 11 is 0. The van der Waals surface area contributed by atoms with E-state index in [1.807, 2.05) is 6.92 Å². The van der Waals surface area contributed by atoms with Gasteiger partial charge in [-0.2, -0.15) is 0 Å². The Bertz CT molecular complexity index is 626. The topological polar surface area (TPSA) is 99.4 Å². The minimum Gasteiger partial charge on any atom is -0.507 e. The van der Waals surface area contributed by atoms with Gasteiger partial charge in [0.1, 0.15) is 17.1 Å². The summed E-state index contributed by atoms with van der Waals surface area (Å²) in [4.78, 5) is 12.0. The predicted octanol–water partition coefficient (Wildman–Crippen LogP) is 1.15. The summed E-state index contributed by atoms with van der Waals surface area (Å²) in [5.41, 5.74) is 0.0314. The lowest BCUT2D eigenvalue weighted by molar-refractivity contribution is 0.0452. The van der Waals surface area contributed by atoms with Gasteiger partial charge in [0.2, 0.25) is 0 Å². The average Bonchev–Trinajstić information content (AvgIpc) is 2.93. The molecule has 0 atom stereocenters. The number of phenols is 1. The number of aromatic hydroxyl groups is 1. The number of ether oxygens (including phenoxy) is 2. The van der Waals surface area contributed by atoms with E-state index in [4.69, 9.17) is 9.47 Å². The van der Waals surface area contributed by atoms with E-state index in [1.54, 1.807) is 10.7 Å². The van der Waals surface area contributed by atoms with Crippen molar-refractivity contribution in [1.29, 1.82) is 0 Å². The monoisotopic (exact) mass is 292 g/mol. The number of carbonyl (C=O) groups excluding carboxylic acids is 1. The van der Waals surface area contributed by atoms with E-state index in [9.17, 15) is 9.90 Å². The number of nitrogens with zero attached hydrogens (tertiary/aromatic N) is 4. The third kappa shape index (κ3) is 3.47. The van der Waals surface area contributed by atoms with E-state index < -0.39 is 5.97 Å². The van der Waals surface area contributed by atoms with Crippen LogP contribution in [0.25, 0.3) is 0 Å². The van der Waals surface area contributed by atoms with Crippen molar-refractivity contribution in [3.8, 4) is 11.5 Å². The highest BCUT2D eigenvalue weighted by Crippen LogP contribution is 2.23. The Morgan fingerprint density at radius 2 is 2.24 bits per heavy atom. The number of phenolic OH excluding ortho intramolecular Hbond substituents is 1. The van der Waals surface area contributed by atoms with Crippen molar-refractivity contribution in [2.24, 2.45) is 0 Å². The number of tetrazole rings is 1. The molecule has 0 aliphatic rings. The number of rotatable bonds is 6. The van der Waals surface area contributed by atoms with Gasteiger partial charge in [0, 0.05) is 6.54 Å². The van der Waals surface area contributed by atoms with Crippen LogP contribution in [0.15, 0.2) is 18.2 Å². The second-order valence-electron chi connectivity index (χ2n) is 4.28. The lowest BCUT2D eigenvalue weighted by Gasteiger charge is -2.08. The lowest BCUT2D eigenvalue weighted by atomic mass is 10.2. The summed E-state index contributed by atoms with van der Waals surface area (Å²) in [6, 6.07) is 4.33. The first-order chi connectivity index (χ1) is 10.2. The predicted molar refractivity (Wildman–Crippen MR) is 71.9 cm³/mol. The van der Waals surface area contributed by atoms with Gasteiger partial charge in [0.15, 0.2) is 12.4 Å². The Labute approximate surface area is 121 Å². The fourth-order valence-electron chi connectivity index (χ4n) is 1.73. The number of esters is 1. The minimum atomic E-state index is -0.669. The first-order valence-electron chi connectivity index (χ1n) is 6.45. The minimum absolute atomic E-state index is 0.0314. The van der Waals surface area contributed by atoms with Crippen LogP contribution >= 0.6 is 0 Å². The number of aromatic nitrogens is 4. The molecule has 0 amide bonds. The Hall–Kier alpha value is -2.64. The van der Waals surface area contributed by atoms with Gasteiger partial charge in [-0.1, -0.05) is 6.92 Å². The van der Waals surface area contributed by atoms with Gasteiger partial charge in [-0.3, -0.25) is 0 Å². The highest BCUT2D eigenvalue weighted by molar-refractivity contribution is 5.92. The van der Waals surface area contributed by atoms with Crippen molar-refractivity contribution in [2.45, 2.75) is 26.5 Å². The van der Waals surface area contributed by atoms with Gasteiger partial charge in [-0.15, -0.1) is 5.10 Å². The summed E-state index contributed by atoms with van der Waals surface area (Å²) in [7, 11) is 1.47. The Kier molecular flexibility index (Phi) is 4.70. The van der Waals surface area contributed by atoms with Gasteiger partial charge in [-0.25, -0.2) is 9.48 Å². The highest BCUT2D eigenvalue weighted by atomic mass is 16.5. The van der Waals surface area contributed by atoms with E-state index in [2.05, 4.69) is 15.5 Å². The molecule has 1 aromatic heterocycles. The van der Waals surface area contributed by atoms with E-state index in [0.717, 1.165) is 6.42 Å². The molecule has 2 rings (SSSR count). The first-order valence-corrected chi connectivity index (χ1v) is 6.45. The van der Waals surface area contributed by atoms with E-state index in [-0.39, 0.29) is 17.9 Å². The quantitative estimate of drug-likeness (QED) is 0.797. The number of benzene rings is 1. The second kappa shape index (κ2) is 6.69. The van der Waals surface area contributed by atoms with Gasteiger partial charge in [-0.05, 0) is 35.0 Å². The largest absolute Gasteiger partial charge is 0.507 e. The summed E-state index contributed by atoms with van der Waals surface area (Å²) < 4.78 is 11.7. The third-order valence-electron chi connectivity index (χ3n) is 2.80. The van der Waals surface area contributed by atoms with Gasteiger partial charge >= 0.3 is 5.97 Å². The zero-order valence-electron chi connectivity index (χ0n) is 11.8. The van der Waals surface area contributed by atoms with Gasteiger partial charge in [0.05, 0.1) is 7.11 Å². The molecular weight excluding hydrogens is 276 g/mol. The van der Waals surface area contributed by atoms with Crippen molar-refractivity contribution in [3.63, 3.8) is 0 Å². The lowest BCUT2D eigenvalue weighted by Crippen LogP contribution is -2.11. The Morgan fingerprint density at radius 1 is 1.43 bits per heavy atom. The number of hydrogen-bond acceptors (Lipinski definition) is 7. The fourth-order valence-corrected chi connectivity index (χ4v) is 1.73. The molecule has 0 fully saturated rings. The number of aryl methyl sites for hydroxylation is 1. The van der Waals surface area contributed by atoms with Crippen LogP contribution in [0, 0.1) is 0 Å². The summed E-state index contributed by atoms with van der Waals surface area (Å²) in [5, 5.41) is 20.8. The molecule has 0 saturated carbocycles. The van der Waals surface area contributed by atoms with Crippen molar-refractivity contribution in [1.82, 2.24) is 20.2 Å².